The van der Waals surface area contributed by atoms with E-state index < -0.39 is 0 Å². The molecule has 1 fully saturated rings. The molecule has 0 aliphatic carbocycles. The first-order valence-electron chi connectivity index (χ1n) is 10.8. The first-order chi connectivity index (χ1) is 14.1. The van der Waals surface area contributed by atoms with Gasteiger partial charge in [-0.05, 0) is 31.4 Å². The molecule has 1 saturated heterocycles. The van der Waals surface area contributed by atoms with Gasteiger partial charge in [0.2, 0.25) is 0 Å². The van der Waals surface area contributed by atoms with Crippen molar-refractivity contribution in [3.05, 3.63) is 35.9 Å². The number of aliphatic imine (C=N–C) groups is 1. The minimum absolute atomic E-state index is 0.0568. The number of ether oxygens (including phenoxy) is 1. The number of guanidine groups is 1. The van der Waals surface area contributed by atoms with Crippen LogP contribution < -0.4 is 16.0 Å². The lowest BCUT2D eigenvalue weighted by molar-refractivity contribution is 0.0143. The highest BCUT2D eigenvalue weighted by Gasteiger charge is 2.21. The van der Waals surface area contributed by atoms with Crippen molar-refractivity contribution >= 4 is 11.9 Å². The molecule has 1 heterocycles. The summed E-state index contributed by atoms with van der Waals surface area (Å²) in [4.78, 5) is 19.4. The molecule has 0 saturated carbocycles. The highest BCUT2D eigenvalue weighted by atomic mass is 16.5. The van der Waals surface area contributed by atoms with Crippen LogP contribution in [0.2, 0.25) is 0 Å². The van der Waals surface area contributed by atoms with Gasteiger partial charge in [-0.25, -0.2) is 0 Å². The maximum atomic E-state index is 12.1. The highest BCUT2D eigenvalue weighted by Crippen LogP contribution is 2.14. The van der Waals surface area contributed by atoms with Crippen molar-refractivity contribution in [2.75, 3.05) is 52.5 Å². The fraction of sp³-hybridized carbons (Fsp3) is 0.636. The van der Waals surface area contributed by atoms with E-state index in [1.807, 2.05) is 30.3 Å². The SMILES string of the molecule is CCNC(=NCC(CC(C)C)N1CCOCC1)NCCNC(=O)c1ccccc1. The maximum absolute atomic E-state index is 12.1. The van der Waals surface area contributed by atoms with Crippen molar-refractivity contribution in [1.29, 1.82) is 0 Å². The average Bonchev–Trinajstić information content (AvgIpc) is 2.74. The van der Waals surface area contributed by atoms with Crippen LogP contribution in [0.1, 0.15) is 37.6 Å². The number of benzene rings is 1. The van der Waals surface area contributed by atoms with E-state index in [1.165, 1.54) is 0 Å². The number of morpholine rings is 1. The van der Waals surface area contributed by atoms with E-state index >= 15 is 0 Å². The molecule has 1 aliphatic heterocycles. The van der Waals surface area contributed by atoms with Crippen LogP contribution in [0.4, 0.5) is 0 Å². The number of carbonyl (C=O) groups is 1. The predicted molar refractivity (Wildman–Crippen MR) is 118 cm³/mol. The zero-order chi connectivity index (χ0) is 20.9. The Hall–Kier alpha value is -2.12. The van der Waals surface area contributed by atoms with Gasteiger partial charge < -0.3 is 20.7 Å². The standard InChI is InChI=1S/C22H37N5O2/c1-4-23-22(25-11-10-24-21(28)19-8-6-5-7-9-19)26-17-20(16-18(2)3)27-12-14-29-15-13-27/h5-9,18,20H,4,10-17H2,1-3H3,(H,24,28)(H2,23,25,26). The summed E-state index contributed by atoms with van der Waals surface area (Å²) in [5.74, 6) is 1.36. The van der Waals surface area contributed by atoms with Gasteiger partial charge >= 0.3 is 0 Å². The molecular weight excluding hydrogens is 366 g/mol. The average molecular weight is 404 g/mol. The molecule has 7 heteroatoms. The number of nitrogens with one attached hydrogen (secondary N) is 3. The quantitative estimate of drug-likeness (QED) is 0.315. The van der Waals surface area contributed by atoms with Crippen molar-refractivity contribution in [3.8, 4) is 0 Å². The molecule has 1 aliphatic rings. The van der Waals surface area contributed by atoms with Gasteiger partial charge in [0, 0.05) is 44.3 Å². The first-order valence-corrected chi connectivity index (χ1v) is 10.8. The summed E-state index contributed by atoms with van der Waals surface area (Å²) in [5.41, 5.74) is 0.676. The smallest absolute Gasteiger partial charge is 0.251 e. The minimum atomic E-state index is -0.0568. The van der Waals surface area contributed by atoms with Crippen molar-refractivity contribution in [2.24, 2.45) is 10.9 Å². The molecule has 3 N–H and O–H groups in total. The van der Waals surface area contributed by atoms with E-state index in [-0.39, 0.29) is 5.91 Å². The van der Waals surface area contributed by atoms with E-state index in [4.69, 9.17) is 9.73 Å². The fourth-order valence-electron chi connectivity index (χ4n) is 3.41. The van der Waals surface area contributed by atoms with Gasteiger partial charge in [0.25, 0.3) is 5.91 Å². The van der Waals surface area contributed by atoms with Gasteiger partial charge in [0.05, 0.1) is 19.8 Å². The Morgan fingerprint density at radius 1 is 1.10 bits per heavy atom. The van der Waals surface area contributed by atoms with Gasteiger partial charge in [0.1, 0.15) is 0 Å². The van der Waals surface area contributed by atoms with Crippen LogP contribution in [0, 0.1) is 5.92 Å². The number of carbonyl (C=O) groups excluding carboxylic acids is 1. The van der Waals surface area contributed by atoms with Crippen LogP contribution >= 0.6 is 0 Å². The Balaban J connectivity index is 1.82. The Labute approximate surface area is 175 Å². The largest absolute Gasteiger partial charge is 0.379 e. The molecule has 1 aromatic carbocycles. The molecule has 7 nitrogen and oxygen atoms in total. The molecule has 1 atom stereocenters. The third-order valence-electron chi connectivity index (χ3n) is 4.85. The van der Waals surface area contributed by atoms with Crippen molar-refractivity contribution < 1.29 is 9.53 Å². The Morgan fingerprint density at radius 3 is 2.45 bits per heavy atom. The molecule has 0 aromatic heterocycles. The lowest BCUT2D eigenvalue weighted by atomic mass is 10.0. The van der Waals surface area contributed by atoms with Crippen molar-refractivity contribution in [1.82, 2.24) is 20.9 Å². The lowest BCUT2D eigenvalue weighted by Gasteiger charge is -2.34. The molecule has 0 radical (unpaired) electrons. The van der Waals surface area contributed by atoms with E-state index in [1.54, 1.807) is 0 Å². The van der Waals surface area contributed by atoms with Crippen LogP contribution in [0.25, 0.3) is 0 Å². The summed E-state index contributed by atoms with van der Waals surface area (Å²) in [6, 6.07) is 9.69. The van der Waals surface area contributed by atoms with E-state index in [2.05, 4.69) is 41.6 Å². The number of amides is 1. The molecule has 2 rings (SSSR count). The topological polar surface area (TPSA) is 78.0 Å². The summed E-state index contributed by atoms with van der Waals surface area (Å²) in [6.45, 7) is 12.8. The van der Waals surface area contributed by atoms with Gasteiger partial charge in [-0.3, -0.25) is 14.7 Å². The molecule has 162 valence electrons. The Morgan fingerprint density at radius 2 is 1.79 bits per heavy atom. The van der Waals surface area contributed by atoms with Gasteiger partial charge in [-0.15, -0.1) is 0 Å². The second kappa shape index (κ2) is 13.2. The molecule has 1 unspecified atom stereocenters. The second-order valence-corrected chi connectivity index (χ2v) is 7.70. The first kappa shape index (κ1) is 23.2. The third kappa shape index (κ3) is 8.83. The summed E-state index contributed by atoms with van der Waals surface area (Å²) in [5, 5.41) is 9.55. The Kier molecular flexibility index (Phi) is 10.5. The summed E-state index contributed by atoms with van der Waals surface area (Å²) >= 11 is 0. The maximum Gasteiger partial charge on any atom is 0.251 e. The number of rotatable bonds is 10. The van der Waals surface area contributed by atoms with E-state index in [0.717, 1.165) is 51.8 Å². The summed E-state index contributed by atoms with van der Waals surface area (Å²) in [7, 11) is 0. The molecule has 0 bridgehead atoms. The van der Waals surface area contributed by atoms with E-state index in [0.29, 0.717) is 30.6 Å². The molecule has 0 spiro atoms. The zero-order valence-corrected chi connectivity index (χ0v) is 18.1. The number of hydrogen-bond donors (Lipinski definition) is 3. The van der Waals surface area contributed by atoms with Gasteiger partial charge in [-0.1, -0.05) is 32.0 Å². The summed E-state index contributed by atoms with van der Waals surface area (Å²) < 4.78 is 5.50. The summed E-state index contributed by atoms with van der Waals surface area (Å²) in [6.07, 6.45) is 1.12. The van der Waals surface area contributed by atoms with Gasteiger partial charge in [0.15, 0.2) is 5.96 Å². The fourth-order valence-corrected chi connectivity index (χ4v) is 3.41. The van der Waals surface area contributed by atoms with Crippen LogP contribution in [-0.4, -0.2) is 75.3 Å². The molecular formula is C22H37N5O2. The van der Waals surface area contributed by atoms with Crippen LogP contribution in [0.15, 0.2) is 35.3 Å². The third-order valence-corrected chi connectivity index (χ3v) is 4.85. The molecule has 1 amide bonds. The zero-order valence-electron chi connectivity index (χ0n) is 18.1. The second-order valence-electron chi connectivity index (χ2n) is 7.70. The monoisotopic (exact) mass is 403 g/mol. The highest BCUT2D eigenvalue weighted by molar-refractivity contribution is 5.94. The van der Waals surface area contributed by atoms with Crippen molar-refractivity contribution in [3.63, 3.8) is 0 Å². The number of hydrogen-bond acceptors (Lipinski definition) is 4. The van der Waals surface area contributed by atoms with Crippen LogP contribution in [-0.2, 0) is 4.74 Å². The normalized spacial score (nSPS) is 16.5. The van der Waals surface area contributed by atoms with Crippen molar-refractivity contribution in [2.45, 2.75) is 33.2 Å². The molecule has 29 heavy (non-hydrogen) atoms. The minimum Gasteiger partial charge on any atom is -0.379 e. The predicted octanol–water partition coefficient (Wildman–Crippen LogP) is 1.72. The number of nitrogens with zero attached hydrogens (tertiary/aromatic N) is 2. The lowest BCUT2D eigenvalue weighted by Crippen LogP contribution is -2.47. The Bertz CT molecular complexity index is 615. The van der Waals surface area contributed by atoms with Crippen LogP contribution in [0.3, 0.4) is 0 Å². The van der Waals surface area contributed by atoms with Crippen LogP contribution in [0.5, 0.6) is 0 Å². The van der Waals surface area contributed by atoms with E-state index in [9.17, 15) is 4.79 Å². The van der Waals surface area contributed by atoms with Gasteiger partial charge in [-0.2, -0.15) is 0 Å². The molecule has 1 aromatic rings.